The number of Topliss-reactive ketones (excluding diaryl/α,β-unsaturated/α-hetero) is 1. The average Bonchev–Trinajstić information content (AvgIpc) is 3.14. The van der Waals surface area contributed by atoms with Crippen LogP contribution in [0.1, 0.15) is 47.8 Å². The van der Waals surface area contributed by atoms with Crippen LogP contribution in [0.4, 0.5) is 34.1 Å². The number of ketones is 1. The fourth-order valence-electron chi connectivity index (χ4n) is 5.44. The molecule has 1 aliphatic rings. The molecule has 5 aromatic carbocycles. The van der Waals surface area contributed by atoms with E-state index in [4.69, 9.17) is 5.73 Å². The zero-order valence-electron chi connectivity index (χ0n) is 29.4. The monoisotopic (exact) mass is 793 g/mol. The Morgan fingerprint density at radius 1 is 0.696 bits per heavy atom. The second kappa shape index (κ2) is 15.5. The Balaban J connectivity index is 1.15. The molecule has 5 aromatic rings. The van der Waals surface area contributed by atoms with Gasteiger partial charge < -0.3 is 16.4 Å². The fraction of sp³-hybridized carbons (Fsp3) is 0.0526. The second-order valence-corrected chi connectivity index (χ2v) is 15.2. The molecule has 0 aliphatic heterocycles. The number of nitrogens with two attached hydrogens (primary N) is 1. The van der Waals surface area contributed by atoms with Crippen molar-refractivity contribution in [1.29, 1.82) is 0 Å². The number of carbonyl (C=O) groups excluding carboxylic acids is 3. The molecule has 6 rings (SSSR count). The van der Waals surface area contributed by atoms with Gasteiger partial charge in [-0.2, -0.15) is 32.2 Å². The van der Waals surface area contributed by atoms with E-state index in [-0.39, 0.29) is 28.4 Å². The van der Waals surface area contributed by atoms with E-state index < -0.39 is 47.4 Å². The number of hydrogen-bond acceptors (Lipinski definition) is 12. The van der Waals surface area contributed by atoms with Crippen molar-refractivity contribution < 1.29 is 40.3 Å². The summed E-state index contributed by atoms with van der Waals surface area (Å²) >= 11 is 0. The van der Waals surface area contributed by atoms with E-state index in [1.165, 1.54) is 30.3 Å². The average molecular weight is 794 g/mol. The van der Waals surface area contributed by atoms with Crippen LogP contribution in [0.5, 0.6) is 0 Å². The number of azo groups is 1. The molecule has 0 saturated carbocycles. The van der Waals surface area contributed by atoms with Crippen LogP contribution in [0.3, 0.4) is 0 Å². The Hall–Kier alpha value is -6.86. The number of carbonyl (C=O) groups is 3. The summed E-state index contributed by atoms with van der Waals surface area (Å²) in [6.45, 7) is 3.33. The zero-order chi connectivity index (χ0) is 40.4. The van der Waals surface area contributed by atoms with Crippen molar-refractivity contribution in [2.45, 2.75) is 18.7 Å². The number of benzene rings is 5. The zero-order valence-corrected chi connectivity index (χ0v) is 31.0. The molecule has 0 saturated heterocycles. The number of hydrazone groups is 1. The molecule has 0 heterocycles. The van der Waals surface area contributed by atoms with Crippen LogP contribution < -0.4 is 21.8 Å². The molecule has 0 radical (unpaired) electrons. The number of rotatable bonds is 10. The second-order valence-electron chi connectivity index (χ2n) is 12.4. The third-order valence-electron chi connectivity index (χ3n) is 8.30. The normalized spacial score (nSPS) is 13.6. The van der Waals surface area contributed by atoms with E-state index in [2.05, 4.69) is 31.4 Å². The van der Waals surface area contributed by atoms with Crippen molar-refractivity contribution >= 4 is 83.7 Å². The number of anilines is 4. The Kier molecular flexibility index (Phi) is 10.7. The summed E-state index contributed by atoms with van der Waals surface area (Å²) in [5.74, 6) is -1.62. The molecule has 56 heavy (non-hydrogen) atoms. The standard InChI is InChI=1S/C38H31N7O9S2/c1-21-3-15-32(33(17-21)55(49,50)51)44-45-35-34(56(52,53)54)20-25-19-29(12-14-30(25)36(35)46)42-43-31-16-13-28(18-22(31)2)41-38(48)24-6-10-27(11-7-24)40-37(47)23-4-8-26(39)9-5-23/h3-20,44H,39H2,1-2H3,(H,40,47)(H,41,48)(H,49,50,51)(H,52,53,54)/b43-42?,45-35-. The SMILES string of the molecule is Cc1ccc(N/N=C2\C(=O)c3ccc(N=Nc4ccc(NC(=O)c5ccc(NC(=O)c6ccc(N)cc6)cc5)cc4C)cc3C=C2S(=O)(=O)O)c(S(=O)(=O)O)c1. The molecule has 2 amide bonds. The summed E-state index contributed by atoms with van der Waals surface area (Å²) in [5, 5.41) is 17.8. The Morgan fingerprint density at radius 3 is 1.95 bits per heavy atom. The number of hydrogen-bond donors (Lipinski definition) is 6. The molecule has 0 spiro atoms. The maximum atomic E-state index is 13.4. The molecule has 0 fully saturated rings. The van der Waals surface area contributed by atoms with Crippen LogP contribution in [0, 0.1) is 13.8 Å². The van der Waals surface area contributed by atoms with Gasteiger partial charge in [-0.25, -0.2) is 0 Å². The fourth-order valence-corrected chi connectivity index (χ4v) is 6.83. The molecule has 0 atom stereocenters. The summed E-state index contributed by atoms with van der Waals surface area (Å²) in [6, 6.07) is 25.8. The van der Waals surface area contributed by atoms with E-state index in [0.717, 1.165) is 12.1 Å². The lowest BCUT2D eigenvalue weighted by Gasteiger charge is -2.17. The van der Waals surface area contributed by atoms with Crippen LogP contribution in [0.25, 0.3) is 6.08 Å². The van der Waals surface area contributed by atoms with Gasteiger partial charge in [0.15, 0.2) is 5.71 Å². The largest absolute Gasteiger partial charge is 0.399 e. The molecule has 0 aromatic heterocycles. The maximum absolute atomic E-state index is 13.4. The van der Waals surface area contributed by atoms with Crippen molar-refractivity contribution in [3.8, 4) is 0 Å². The number of allylic oxidation sites excluding steroid dienone is 1. The molecule has 18 heteroatoms. The minimum absolute atomic E-state index is 0.00430. The van der Waals surface area contributed by atoms with Gasteiger partial charge in [-0.3, -0.25) is 28.9 Å². The van der Waals surface area contributed by atoms with E-state index in [1.54, 1.807) is 80.6 Å². The lowest BCUT2D eigenvalue weighted by Crippen LogP contribution is -2.27. The molecule has 284 valence electrons. The first-order valence-corrected chi connectivity index (χ1v) is 19.2. The van der Waals surface area contributed by atoms with Gasteiger partial charge in [0, 0.05) is 33.8 Å². The predicted molar refractivity (Wildman–Crippen MR) is 211 cm³/mol. The van der Waals surface area contributed by atoms with Crippen LogP contribution in [0.2, 0.25) is 0 Å². The summed E-state index contributed by atoms with van der Waals surface area (Å²) in [4.78, 5) is 37.4. The number of fused-ring (bicyclic) bond motifs is 1. The van der Waals surface area contributed by atoms with Gasteiger partial charge in [0.1, 0.15) is 9.80 Å². The molecular formula is C38H31N7O9S2. The summed E-state index contributed by atoms with van der Waals surface area (Å²) in [6.07, 6.45) is 1.01. The molecule has 7 N–H and O–H groups in total. The molecule has 0 unspecified atom stereocenters. The first-order chi connectivity index (χ1) is 26.5. The molecular weight excluding hydrogens is 763 g/mol. The third-order valence-corrected chi connectivity index (χ3v) is 10.1. The first kappa shape index (κ1) is 38.9. The highest BCUT2D eigenvalue weighted by Gasteiger charge is 2.33. The van der Waals surface area contributed by atoms with Crippen molar-refractivity contribution in [3.63, 3.8) is 0 Å². The van der Waals surface area contributed by atoms with E-state index >= 15 is 0 Å². The Labute approximate surface area is 320 Å². The molecule has 0 bridgehead atoms. The van der Waals surface area contributed by atoms with E-state index in [9.17, 15) is 40.3 Å². The minimum atomic E-state index is -5.02. The van der Waals surface area contributed by atoms with Crippen LogP contribution >= 0.6 is 0 Å². The quantitative estimate of drug-likeness (QED) is 0.0365. The maximum Gasteiger partial charge on any atom is 0.296 e. The minimum Gasteiger partial charge on any atom is -0.399 e. The summed E-state index contributed by atoms with van der Waals surface area (Å²) < 4.78 is 68.1. The van der Waals surface area contributed by atoms with Crippen LogP contribution in [0.15, 0.2) is 128 Å². The van der Waals surface area contributed by atoms with Crippen molar-refractivity contribution in [2.75, 3.05) is 21.8 Å². The lowest BCUT2D eigenvalue weighted by atomic mass is 9.94. The summed E-state index contributed by atoms with van der Waals surface area (Å²) in [5.41, 5.74) is 11.2. The van der Waals surface area contributed by atoms with Gasteiger partial charge >= 0.3 is 0 Å². The smallest absolute Gasteiger partial charge is 0.296 e. The first-order valence-electron chi connectivity index (χ1n) is 16.4. The molecule has 1 aliphatic carbocycles. The number of nitrogen functional groups attached to an aromatic ring is 1. The van der Waals surface area contributed by atoms with Gasteiger partial charge in [-0.05, 0) is 134 Å². The Morgan fingerprint density at radius 2 is 1.32 bits per heavy atom. The van der Waals surface area contributed by atoms with Crippen molar-refractivity contribution in [1.82, 2.24) is 0 Å². The van der Waals surface area contributed by atoms with Crippen LogP contribution in [-0.4, -0.2) is 49.3 Å². The Bertz CT molecular complexity index is 2750. The number of amides is 2. The lowest BCUT2D eigenvalue weighted by molar-refractivity contribution is 0.102. The van der Waals surface area contributed by atoms with Crippen LogP contribution in [-0.2, 0) is 20.2 Å². The van der Waals surface area contributed by atoms with Gasteiger partial charge in [0.2, 0.25) is 5.78 Å². The van der Waals surface area contributed by atoms with E-state index in [1.807, 2.05) is 0 Å². The van der Waals surface area contributed by atoms with Gasteiger partial charge in [0.25, 0.3) is 32.1 Å². The highest BCUT2D eigenvalue weighted by Crippen LogP contribution is 2.31. The topological polar surface area (TPSA) is 259 Å². The van der Waals surface area contributed by atoms with Crippen molar-refractivity contribution in [3.05, 3.63) is 141 Å². The number of nitrogens with one attached hydrogen (secondary N) is 3. The number of aryl methyl sites for hydroxylation is 2. The highest BCUT2D eigenvalue weighted by molar-refractivity contribution is 7.91. The number of nitrogens with zero attached hydrogens (tertiary/aromatic N) is 3. The molecule has 16 nitrogen and oxygen atoms in total. The highest BCUT2D eigenvalue weighted by atomic mass is 32.2. The van der Waals surface area contributed by atoms with Gasteiger partial charge in [-0.15, -0.1) is 0 Å². The summed E-state index contributed by atoms with van der Waals surface area (Å²) in [7, 11) is -9.74. The van der Waals surface area contributed by atoms with E-state index in [0.29, 0.717) is 45.0 Å². The predicted octanol–water partition coefficient (Wildman–Crippen LogP) is 6.95. The van der Waals surface area contributed by atoms with Gasteiger partial charge in [0.05, 0.1) is 17.1 Å². The van der Waals surface area contributed by atoms with Gasteiger partial charge in [-0.1, -0.05) is 6.07 Å². The third kappa shape index (κ3) is 8.91. The van der Waals surface area contributed by atoms with Crippen molar-refractivity contribution in [2.24, 2.45) is 15.3 Å².